The molecule has 0 fully saturated rings. The fraction of sp³-hybridized carbons (Fsp3) is 0.471. The van der Waals surface area contributed by atoms with E-state index in [4.69, 9.17) is 4.74 Å². The molecule has 2 heteroatoms. The summed E-state index contributed by atoms with van der Waals surface area (Å²) in [5.74, 6) is -0.0593. The summed E-state index contributed by atoms with van der Waals surface area (Å²) >= 11 is 0. The molecule has 0 unspecified atom stereocenters. The number of unbranched alkanes of at least 4 members (excludes halogenated alkanes) is 2. The van der Waals surface area contributed by atoms with E-state index in [1.807, 2.05) is 38.1 Å². The van der Waals surface area contributed by atoms with E-state index in [2.05, 4.69) is 25.1 Å². The fourth-order valence-corrected chi connectivity index (χ4v) is 1.51. The van der Waals surface area contributed by atoms with E-state index in [0.29, 0.717) is 13.0 Å². The molecule has 0 aliphatic heterocycles. The van der Waals surface area contributed by atoms with Crippen molar-refractivity contribution in [1.29, 1.82) is 0 Å². The molecular formula is C17H26O2. The van der Waals surface area contributed by atoms with E-state index in [1.165, 1.54) is 5.56 Å². The molecule has 0 heterocycles. The van der Waals surface area contributed by atoms with E-state index in [0.717, 1.165) is 19.3 Å². The first-order valence-corrected chi connectivity index (χ1v) is 7.07. The van der Waals surface area contributed by atoms with Crippen molar-refractivity contribution in [3.8, 4) is 0 Å². The van der Waals surface area contributed by atoms with Gasteiger partial charge in [-0.3, -0.25) is 4.79 Å². The van der Waals surface area contributed by atoms with Crippen molar-refractivity contribution in [2.75, 3.05) is 6.61 Å². The standard InChI is InChI=1S/C9H10.C8H16O2/c1-2-6-9-7-4-3-5-8-9;1-3-5-6-7-8(9)10-4-2/h2-8H,1H3;3-7H2,1-2H3. The molecule has 1 rings (SSSR count). The van der Waals surface area contributed by atoms with Crippen LogP contribution < -0.4 is 0 Å². The number of benzene rings is 1. The molecule has 0 radical (unpaired) electrons. The minimum atomic E-state index is -0.0593. The number of hydrogen-bond donors (Lipinski definition) is 0. The van der Waals surface area contributed by atoms with Crippen molar-refractivity contribution in [2.24, 2.45) is 0 Å². The van der Waals surface area contributed by atoms with Gasteiger partial charge in [0.1, 0.15) is 0 Å². The van der Waals surface area contributed by atoms with Gasteiger partial charge in [-0.05, 0) is 25.8 Å². The van der Waals surface area contributed by atoms with Crippen LogP contribution in [0.5, 0.6) is 0 Å². The van der Waals surface area contributed by atoms with Crippen molar-refractivity contribution >= 4 is 12.0 Å². The highest BCUT2D eigenvalue weighted by atomic mass is 16.5. The topological polar surface area (TPSA) is 26.3 Å². The fourth-order valence-electron chi connectivity index (χ4n) is 1.51. The van der Waals surface area contributed by atoms with Gasteiger partial charge in [-0.1, -0.05) is 62.2 Å². The molecule has 0 saturated carbocycles. The number of ether oxygens (including phenoxy) is 1. The summed E-state index contributed by atoms with van der Waals surface area (Å²) in [5, 5.41) is 0. The van der Waals surface area contributed by atoms with Crippen molar-refractivity contribution < 1.29 is 9.53 Å². The molecule has 1 aromatic carbocycles. The Hall–Kier alpha value is -1.57. The Bertz CT molecular complexity index is 342. The normalized spacial score (nSPS) is 9.84. The van der Waals surface area contributed by atoms with Crippen LogP contribution in [-0.2, 0) is 9.53 Å². The highest BCUT2D eigenvalue weighted by molar-refractivity contribution is 5.69. The number of hydrogen-bond acceptors (Lipinski definition) is 2. The molecule has 1 aromatic rings. The number of esters is 1. The molecule has 2 nitrogen and oxygen atoms in total. The SMILES string of the molecule is CC=Cc1ccccc1.CCCCCC(=O)OCC. The van der Waals surface area contributed by atoms with Gasteiger partial charge in [-0.25, -0.2) is 0 Å². The molecule has 0 bridgehead atoms. The van der Waals surface area contributed by atoms with Gasteiger partial charge in [-0.2, -0.15) is 0 Å². The van der Waals surface area contributed by atoms with Crippen molar-refractivity contribution in [2.45, 2.75) is 46.5 Å². The first kappa shape index (κ1) is 17.4. The van der Waals surface area contributed by atoms with Gasteiger partial charge >= 0.3 is 5.97 Å². The smallest absolute Gasteiger partial charge is 0.305 e. The Labute approximate surface area is 117 Å². The van der Waals surface area contributed by atoms with Crippen molar-refractivity contribution in [3.63, 3.8) is 0 Å². The second-order valence-electron chi connectivity index (χ2n) is 4.17. The summed E-state index contributed by atoms with van der Waals surface area (Å²) < 4.78 is 4.75. The molecule has 0 aromatic heterocycles. The monoisotopic (exact) mass is 262 g/mol. The molecule has 0 amide bonds. The third-order valence-electron chi connectivity index (χ3n) is 2.45. The maximum atomic E-state index is 10.7. The second-order valence-corrected chi connectivity index (χ2v) is 4.17. The van der Waals surface area contributed by atoms with E-state index in [1.54, 1.807) is 0 Å². The van der Waals surface area contributed by atoms with Crippen molar-refractivity contribution in [3.05, 3.63) is 42.0 Å². The minimum absolute atomic E-state index is 0.0593. The third kappa shape index (κ3) is 11.3. The van der Waals surface area contributed by atoms with Crippen LogP contribution in [0.3, 0.4) is 0 Å². The second kappa shape index (κ2) is 12.9. The number of rotatable bonds is 6. The van der Waals surface area contributed by atoms with Gasteiger partial charge in [0.25, 0.3) is 0 Å². The summed E-state index contributed by atoms with van der Waals surface area (Å²) in [7, 11) is 0. The van der Waals surface area contributed by atoms with E-state index >= 15 is 0 Å². The molecule has 106 valence electrons. The van der Waals surface area contributed by atoms with Crippen LogP contribution in [-0.4, -0.2) is 12.6 Å². The number of allylic oxidation sites excluding steroid dienone is 1. The summed E-state index contributed by atoms with van der Waals surface area (Å²) in [6.07, 6.45) is 7.95. The van der Waals surface area contributed by atoms with E-state index < -0.39 is 0 Å². The maximum Gasteiger partial charge on any atom is 0.305 e. The first-order chi connectivity index (χ1) is 9.24. The predicted molar refractivity (Wildman–Crippen MR) is 81.9 cm³/mol. The summed E-state index contributed by atoms with van der Waals surface area (Å²) in [6, 6.07) is 10.3. The molecular weight excluding hydrogens is 236 g/mol. The molecule has 0 N–H and O–H groups in total. The van der Waals surface area contributed by atoms with Crippen LogP contribution in [0.25, 0.3) is 6.08 Å². The van der Waals surface area contributed by atoms with Gasteiger partial charge in [0, 0.05) is 6.42 Å². The highest BCUT2D eigenvalue weighted by Crippen LogP contribution is 2.00. The van der Waals surface area contributed by atoms with E-state index in [-0.39, 0.29) is 5.97 Å². The maximum absolute atomic E-state index is 10.7. The van der Waals surface area contributed by atoms with E-state index in [9.17, 15) is 4.79 Å². The lowest BCUT2D eigenvalue weighted by Gasteiger charge is -1.99. The Morgan fingerprint density at radius 1 is 1.16 bits per heavy atom. The molecule has 0 aliphatic carbocycles. The van der Waals surface area contributed by atoms with Gasteiger partial charge in [0.15, 0.2) is 0 Å². The quantitative estimate of drug-likeness (QED) is 0.541. The number of carbonyl (C=O) groups is 1. The van der Waals surface area contributed by atoms with Crippen LogP contribution >= 0.6 is 0 Å². The summed E-state index contributed by atoms with van der Waals surface area (Å²) in [5.41, 5.74) is 1.26. The zero-order valence-electron chi connectivity index (χ0n) is 12.4. The molecule has 0 spiro atoms. The van der Waals surface area contributed by atoms with Crippen LogP contribution in [0, 0.1) is 0 Å². The summed E-state index contributed by atoms with van der Waals surface area (Å²) in [4.78, 5) is 10.7. The first-order valence-electron chi connectivity index (χ1n) is 7.07. The Balaban J connectivity index is 0.000000342. The number of carbonyl (C=O) groups excluding carboxylic acids is 1. The average molecular weight is 262 g/mol. The lowest BCUT2D eigenvalue weighted by Crippen LogP contribution is -2.02. The molecule has 0 atom stereocenters. The Morgan fingerprint density at radius 3 is 2.37 bits per heavy atom. The van der Waals surface area contributed by atoms with Crippen LogP contribution in [0.2, 0.25) is 0 Å². The highest BCUT2D eigenvalue weighted by Gasteiger charge is 1.98. The van der Waals surface area contributed by atoms with Crippen LogP contribution in [0.4, 0.5) is 0 Å². The van der Waals surface area contributed by atoms with Gasteiger partial charge < -0.3 is 4.74 Å². The van der Waals surface area contributed by atoms with Crippen molar-refractivity contribution in [1.82, 2.24) is 0 Å². The lowest BCUT2D eigenvalue weighted by molar-refractivity contribution is -0.143. The third-order valence-corrected chi connectivity index (χ3v) is 2.45. The van der Waals surface area contributed by atoms with Gasteiger partial charge in [0.05, 0.1) is 6.61 Å². The summed E-state index contributed by atoms with van der Waals surface area (Å²) in [6.45, 7) is 6.47. The molecule has 19 heavy (non-hydrogen) atoms. The molecule has 0 aliphatic rings. The Kier molecular flexibility index (Phi) is 11.8. The zero-order chi connectivity index (χ0) is 14.3. The minimum Gasteiger partial charge on any atom is -0.466 e. The van der Waals surface area contributed by atoms with Gasteiger partial charge in [-0.15, -0.1) is 0 Å². The average Bonchev–Trinajstić information content (AvgIpc) is 2.42. The predicted octanol–water partition coefficient (Wildman–Crippen LogP) is 4.85. The van der Waals surface area contributed by atoms with Crippen LogP contribution in [0.1, 0.15) is 52.0 Å². The molecule has 0 saturated heterocycles. The van der Waals surface area contributed by atoms with Gasteiger partial charge in [0.2, 0.25) is 0 Å². The Morgan fingerprint density at radius 2 is 1.84 bits per heavy atom. The lowest BCUT2D eigenvalue weighted by atomic mass is 10.2. The largest absolute Gasteiger partial charge is 0.466 e. The van der Waals surface area contributed by atoms with Crippen LogP contribution in [0.15, 0.2) is 36.4 Å². The zero-order valence-corrected chi connectivity index (χ0v) is 12.4.